The molecule has 0 N–H and O–H groups in total. The summed E-state index contributed by atoms with van der Waals surface area (Å²) < 4.78 is 0. The monoisotopic (exact) mass is 267 g/mol. The van der Waals surface area contributed by atoms with Crippen LogP contribution in [-0.2, 0) is 6.42 Å². The Morgan fingerprint density at radius 1 is 0.950 bits per heavy atom. The van der Waals surface area contributed by atoms with Gasteiger partial charge in [0.2, 0.25) is 0 Å². The largest absolute Gasteiger partial charge is 0.378 e. The number of Topliss-reactive ketones (excluding diaryl/α,β-unsaturated/α-hetero) is 1. The van der Waals surface area contributed by atoms with Crippen LogP contribution in [0.3, 0.4) is 0 Å². The Balaban J connectivity index is 1.85. The molecule has 2 rings (SSSR count). The van der Waals surface area contributed by atoms with Gasteiger partial charge in [-0.2, -0.15) is 0 Å². The van der Waals surface area contributed by atoms with Crippen LogP contribution >= 0.6 is 0 Å². The fourth-order valence-electron chi connectivity index (χ4n) is 2.19. The lowest BCUT2D eigenvalue weighted by molar-refractivity contribution is 0.0980. The van der Waals surface area contributed by atoms with E-state index in [1.165, 1.54) is 5.56 Å². The van der Waals surface area contributed by atoms with Crippen molar-refractivity contribution in [1.82, 2.24) is 0 Å². The third-order valence-electron chi connectivity index (χ3n) is 3.42. The third-order valence-corrected chi connectivity index (χ3v) is 3.42. The van der Waals surface area contributed by atoms with Crippen LogP contribution in [0.4, 0.5) is 5.69 Å². The number of anilines is 1. The second-order valence-electron chi connectivity index (χ2n) is 5.20. The summed E-state index contributed by atoms with van der Waals surface area (Å²) in [5, 5.41) is 0. The number of nitrogens with zero attached hydrogens (tertiary/aromatic N) is 1. The number of ketones is 1. The minimum absolute atomic E-state index is 0.228. The molecular weight excluding hydrogens is 246 g/mol. The summed E-state index contributed by atoms with van der Waals surface area (Å²) in [4.78, 5) is 14.1. The van der Waals surface area contributed by atoms with Gasteiger partial charge in [0.15, 0.2) is 5.78 Å². The van der Waals surface area contributed by atoms with E-state index in [1.807, 2.05) is 61.5 Å². The van der Waals surface area contributed by atoms with Crippen LogP contribution in [0.25, 0.3) is 0 Å². The van der Waals surface area contributed by atoms with Gasteiger partial charge in [-0.3, -0.25) is 4.79 Å². The van der Waals surface area contributed by atoms with Gasteiger partial charge in [-0.25, -0.2) is 0 Å². The van der Waals surface area contributed by atoms with Crippen molar-refractivity contribution in [2.45, 2.75) is 19.3 Å². The molecule has 0 radical (unpaired) electrons. The van der Waals surface area contributed by atoms with Gasteiger partial charge in [-0.1, -0.05) is 30.3 Å². The predicted octanol–water partition coefficient (Wildman–Crippen LogP) is 3.96. The lowest BCUT2D eigenvalue weighted by Gasteiger charge is -2.12. The smallest absolute Gasteiger partial charge is 0.162 e. The maximum Gasteiger partial charge on any atom is 0.162 e. The molecule has 0 unspecified atom stereocenters. The van der Waals surface area contributed by atoms with Gasteiger partial charge in [-0.15, -0.1) is 0 Å². The highest BCUT2D eigenvalue weighted by Crippen LogP contribution is 2.14. The second kappa shape index (κ2) is 6.90. The molecule has 0 saturated carbocycles. The first-order valence-corrected chi connectivity index (χ1v) is 7.01. The highest BCUT2D eigenvalue weighted by atomic mass is 16.1. The molecule has 0 atom stereocenters. The third kappa shape index (κ3) is 3.95. The fourth-order valence-corrected chi connectivity index (χ4v) is 2.19. The van der Waals surface area contributed by atoms with Gasteiger partial charge in [0.25, 0.3) is 0 Å². The van der Waals surface area contributed by atoms with Crippen molar-refractivity contribution in [3.8, 4) is 0 Å². The van der Waals surface area contributed by atoms with E-state index in [0.29, 0.717) is 6.42 Å². The van der Waals surface area contributed by atoms with Crippen molar-refractivity contribution >= 4 is 11.5 Å². The average Bonchev–Trinajstić information content (AvgIpc) is 2.48. The fraction of sp³-hybridized carbons (Fsp3) is 0.278. The Morgan fingerprint density at radius 2 is 1.60 bits per heavy atom. The molecule has 20 heavy (non-hydrogen) atoms. The Kier molecular flexibility index (Phi) is 4.94. The van der Waals surface area contributed by atoms with E-state index >= 15 is 0 Å². The van der Waals surface area contributed by atoms with Crippen LogP contribution in [0.5, 0.6) is 0 Å². The van der Waals surface area contributed by atoms with Crippen LogP contribution in [0, 0.1) is 0 Å². The summed E-state index contributed by atoms with van der Waals surface area (Å²) in [6.07, 6.45) is 2.47. The molecule has 0 aliphatic rings. The molecule has 0 spiro atoms. The van der Waals surface area contributed by atoms with Gasteiger partial charge in [0.05, 0.1) is 0 Å². The van der Waals surface area contributed by atoms with Crippen LogP contribution in [-0.4, -0.2) is 19.9 Å². The lowest BCUT2D eigenvalue weighted by Crippen LogP contribution is -2.08. The highest BCUT2D eigenvalue weighted by molar-refractivity contribution is 5.96. The van der Waals surface area contributed by atoms with Crippen LogP contribution < -0.4 is 4.90 Å². The number of carbonyl (C=O) groups excluding carboxylic acids is 1. The molecule has 0 aliphatic carbocycles. The van der Waals surface area contributed by atoms with Crippen molar-refractivity contribution < 1.29 is 4.79 Å². The summed E-state index contributed by atoms with van der Waals surface area (Å²) >= 11 is 0. The van der Waals surface area contributed by atoms with E-state index < -0.39 is 0 Å². The first kappa shape index (κ1) is 14.3. The zero-order valence-electron chi connectivity index (χ0n) is 12.2. The number of benzene rings is 2. The Hall–Kier alpha value is -2.09. The summed E-state index contributed by atoms with van der Waals surface area (Å²) in [6.45, 7) is 0. The van der Waals surface area contributed by atoms with Gasteiger partial charge >= 0.3 is 0 Å². The van der Waals surface area contributed by atoms with Crippen molar-refractivity contribution in [2.75, 3.05) is 19.0 Å². The van der Waals surface area contributed by atoms with E-state index in [2.05, 4.69) is 12.1 Å². The molecular formula is C18H21NO. The van der Waals surface area contributed by atoms with Crippen LogP contribution in [0.15, 0.2) is 54.6 Å². The molecule has 0 bridgehead atoms. The summed E-state index contributed by atoms with van der Waals surface area (Å²) in [6, 6.07) is 18.1. The summed E-state index contributed by atoms with van der Waals surface area (Å²) in [5.41, 5.74) is 3.22. The highest BCUT2D eigenvalue weighted by Gasteiger charge is 2.06. The maximum absolute atomic E-state index is 12.1. The zero-order valence-corrected chi connectivity index (χ0v) is 12.2. The first-order chi connectivity index (χ1) is 9.66. The van der Waals surface area contributed by atoms with E-state index in [1.54, 1.807) is 0 Å². The first-order valence-electron chi connectivity index (χ1n) is 7.01. The van der Waals surface area contributed by atoms with E-state index in [0.717, 1.165) is 24.1 Å². The number of carbonyl (C=O) groups is 1. The van der Waals surface area contributed by atoms with Gasteiger partial charge in [-0.05, 0) is 42.7 Å². The van der Waals surface area contributed by atoms with Crippen LogP contribution in [0.2, 0.25) is 0 Å². The standard InChI is InChI=1S/C18H21NO/c1-19(2)17-13-11-16(12-14-17)18(20)10-6-9-15-7-4-3-5-8-15/h3-5,7-8,11-14H,6,9-10H2,1-2H3. The topological polar surface area (TPSA) is 20.3 Å². The van der Waals surface area contributed by atoms with E-state index in [-0.39, 0.29) is 5.78 Å². The van der Waals surface area contributed by atoms with Crippen molar-refractivity contribution in [3.05, 3.63) is 65.7 Å². The van der Waals surface area contributed by atoms with Gasteiger partial charge < -0.3 is 4.90 Å². The Morgan fingerprint density at radius 3 is 2.20 bits per heavy atom. The second-order valence-corrected chi connectivity index (χ2v) is 5.20. The molecule has 0 amide bonds. The van der Waals surface area contributed by atoms with Gasteiger partial charge in [0.1, 0.15) is 0 Å². The molecule has 2 heteroatoms. The normalized spacial score (nSPS) is 10.3. The van der Waals surface area contributed by atoms with E-state index in [4.69, 9.17) is 0 Å². The zero-order chi connectivity index (χ0) is 14.4. The molecule has 2 nitrogen and oxygen atoms in total. The number of hydrogen-bond donors (Lipinski definition) is 0. The average molecular weight is 267 g/mol. The minimum Gasteiger partial charge on any atom is -0.378 e. The summed E-state index contributed by atoms with van der Waals surface area (Å²) in [5.74, 6) is 0.228. The molecule has 2 aromatic carbocycles. The minimum atomic E-state index is 0.228. The number of rotatable bonds is 6. The molecule has 2 aromatic rings. The van der Waals surface area contributed by atoms with Crippen molar-refractivity contribution in [1.29, 1.82) is 0 Å². The van der Waals surface area contributed by atoms with E-state index in [9.17, 15) is 4.79 Å². The number of hydrogen-bond acceptors (Lipinski definition) is 2. The quantitative estimate of drug-likeness (QED) is 0.738. The van der Waals surface area contributed by atoms with Gasteiger partial charge in [0, 0.05) is 31.8 Å². The Bertz CT molecular complexity index is 543. The molecule has 0 aliphatic heterocycles. The maximum atomic E-state index is 12.1. The molecule has 0 saturated heterocycles. The van der Waals surface area contributed by atoms with Crippen molar-refractivity contribution in [3.63, 3.8) is 0 Å². The molecule has 0 aromatic heterocycles. The molecule has 0 heterocycles. The predicted molar refractivity (Wildman–Crippen MR) is 84.5 cm³/mol. The molecule has 0 fully saturated rings. The number of aryl methyl sites for hydroxylation is 1. The molecule has 104 valence electrons. The Labute approximate surface area is 121 Å². The SMILES string of the molecule is CN(C)c1ccc(C(=O)CCCc2ccccc2)cc1. The lowest BCUT2D eigenvalue weighted by atomic mass is 10.0. The van der Waals surface area contributed by atoms with Crippen molar-refractivity contribution in [2.24, 2.45) is 0 Å². The van der Waals surface area contributed by atoms with Crippen LogP contribution in [0.1, 0.15) is 28.8 Å². The summed E-state index contributed by atoms with van der Waals surface area (Å²) in [7, 11) is 3.99.